The lowest BCUT2D eigenvalue weighted by molar-refractivity contribution is -0.132. The van der Waals surface area contributed by atoms with Crippen LogP contribution in [0.3, 0.4) is 0 Å². The highest BCUT2D eigenvalue weighted by Gasteiger charge is 2.27. The van der Waals surface area contributed by atoms with E-state index in [-0.39, 0.29) is 4.90 Å². The Kier molecular flexibility index (Phi) is 4.01. The zero-order chi connectivity index (χ0) is 14.8. The molecule has 0 saturated carbocycles. The van der Waals surface area contributed by atoms with E-state index >= 15 is 0 Å². The minimum absolute atomic E-state index is 0.0159. The molecule has 1 N–H and O–H groups in total. The van der Waals surface area contributed by atoms with Gasteiger partial charge in [-0.3, -0.25) is 0 Å². The summed E-state index contributed by atoms with van der Waals surface area (Å²) in [6.07, 6.45) is -5.59. The van der Waals surface area contributed by atoms with E-state index in [0.29, 0.717) is 10.8 Å². The minimum atomic E-state index is -4.39. The van der Waals surface area contributed by atoms with Gasteiger partial charge in [-0.05, 0) is 11.5 Å². The molecule has 3 nitrogen and oxygen atoms in total. The molecule has 2 aromatic carbocycles. The molecule has 0 unspecified atom stereocenters. The first-order chi connectivity index (χ1) is 9.30. The molecule has 0 saturated heterocycles. The fraction of sp³-hybridized carbons (Fsp3) is 0.231. The molecule has 0 heterocycles. The lowest BCUT2D eigenvalue weighted by Crippen LogP contribution is -2.28. The van der Waals surface area contributed by atoms with Gasteiger partial charge in [-0.25, -0.2) is 13.1 Å². The lowest BCUT2D eigenvalue weighted by atomic mass is 10.1. The molecule has 0 aliphatic rings. The average molecular weight is 303 g/mol. The van der Waals surface area contributed by atoms with E-state index in [1.807, 2.05) is 4.72 Å². The first kappa shape index (κ1) is 14.8. The third-order valence-corrected chi connectivity index (χ3v) is 4.26. The Morgan fingerprint density at radius 3 is 2.35 bits per heavy atom. The van der Waals surface area contributed by atoms with Gasteiger partial charge in [0.25, 0.3) is 0 Å². The molecular formula is C13H12F3NO2S. The molecule has 0 spiro atoms. The van der Waals surface area contributed by atoms with Crippen LogP contribution in [0.15, 0.2) is 47.4 Å². The van der Waals surface area contributed by atoms with Crippen LogP contribution >= 0.6 is 0 Å². The van der Waals surface area contributed by atoms with Gasteiger partial charge in [0, 0.05) is 11.9 Å². The van der Waals surface area contributed by atoms with E-state index in [1.54, 1.807) is 36.4 Å². The number of hydrogen-bond donors (Lipinski definition) is 1. The van der Waals surface area contributed by atoms with Crippen molar-refractivity contribution in [3.63, 3.8) is 0 Å². The van der Waals surface area contributed by atoms with Crippen LogP contribution in [-0.4, -0.2) is 21.1 Å². The van der Waals surface area contributed by atoms with Crippen LogP contribution in [0.25, 0.3) is 10.8 Å². The van der Waals surface area contributed by atoms with Crippen molar-refractivity contribution in [2.24, 2.45) is 0 Å². The maximum atomic E-state index is 12.1. The molecular weight excluding hydrogens is 291 g/mol. The molecule has 20 heavy (non-hydrogen) atoms. The molecule has 0 radical (unpaired) electrons. The Morgan fingerprint density at radius 1 is 1.00 bits per heavy atom. The van der Waals surface area contributed by atoms with Crippen molar-refractivity contribution in [3.05, 3.63) is 42.5 Å². The minimum Gasteiger partial charge on any atom is -0.211 e. The molecule has 2 aromatic rings. The highest BCUT2D eigenvalue weighted by atomic mass is 32.2. The number of alkyl halides is 3. The molecule has 108 valence electrons. The summed E-state index contributed by atoms with van der Waals surface area (Å²) in [7, 11) is -3.96. The second-order valence-corrected chi connectivity index (χ2v) is 5.98. The first-order valence-electron chi connectivity index (χ1n) is 5.84. The monoisotopic (exact) mass is 303 g/mol. The van der Waals surface area contributed by atoms with Crippen LogP contribution < -0.4 is 4.72 Å². The van der Waals surface area contributed by atoms with Crippen molar-refractivity contribution < 1.29 is 21.6 Å². The van der Waals surface area contributed by atoms with Crippen molar-refractivity contribution in [1.29, 1.82) is 0 Å². The van der Waals surface area contributed by atoms with Gasteiger partial charge in [0.1, 0.15) is 0 Å². The van der Waals surface area contributed by atoms with E-state index in [0.717, 1.165) is 0 Å². The number of halogens is 3. The lowest BCUT2D eigenvalue weighted by Gasteiger charge is -2.10. The number of hydrogen-bond acceptors (Lipinski definition) is 2. The quantitative estimate of drug-likeness (QED) is 0.943. The summed E-state index contributed by atoms with van der Waals surface area (Å²) in [5.41, 5.74) is 0. The molecule has 0 fully saturated rings. The number of nitrogens with one attached hydrogen (secondary N) is 1. The van der Waals surface area contributed by atoms with E-state index in [2.05, 4.69) is 0 Å². The Hall–Kier alpha value is -1.60. The second-order valence-electron chi connectivity index (χ2n) is 4.24. The highest BCUT2D eigenvalue weighted by Crippen LogP contribution is 2.23. The third-order valence-electron chi connectivity index (χ3n) is 2.74. The summed E-state index contributed by atoms with van der Waals surface area (Å²) in [5.74, 6) is 0. The molecule has 0 aliphatic heterocycles. The normalized spacial score (nSPS) is 12.8. The molecule has 0 atom stereocenters. The van der Waals surface area contributed by atoms with Crippen LogP contribution in [0.5, 0.6) is 0 Å². The predicted octanol–water partition coefficient (Wildman–Crippen LogP) is 3.07. The van der Waals surface area contributed by atoms with Crippen LogP contribution in [0.1, 0.15) is 6.42 Å². The van der Waals surface area contributed by atoms with Gasteiger partial charge < -0.3 is 0 Å². The van der Waals surface area contributed by atoms with E-state index in [1.165, 1.54) is 6.07 Å². The average Bonchev–Trinajstić information content (AvgIpc) is 2.36. The van der Waals surface area contributed by atoms with Gasteiger partial charge in [-0.15, -0.1) is 0 Å². The second kappa shape index (κ2) is 5.41. The summed E-state index contributed by atoms with van der Waals surface area (Å²) >= 11 is 0. The fourth-order valence-electron chi connectivity index (χ4n) is 1.83. The van der Waals surface area contributed by atoms with Crippen molar-refractivity contribution in [2.75, 3.05) is 6.54 Å². The van der Waals surface area contributed by atoms with Gasteiger partial charge in [0.2, 0.25) is 10.0 Å². The predicted molar refractivity (Wildman–Crippen MR) is 69.8 cm³/mol. The summed E-state index contributed by atoms with van der Waals surface area (Å²) in [4.78, 5) is -0.0159. The maximum absolute atomic E-state index is 12.1. The number of sulfonamides is 1. The molecule has 7 heteroatoms. The summed E-state index contributed by atoms with van der Waals surface area (Å²) in [6.45, 7) is -0.672. The van der Waals surface area contributed by atoms with Gasteiger partial charge in [0.15, 0.2) is 0 Å². The molecule has 0 aromatic heterocycles. The van der Waals surface area contributed by atoms with E-state index in [4.69, 9.17) is 0 Å². The maximum Gasteiger partial charge on any atom is 0.390 e. The van der Waals surface area contributed by atoms with Crippen LogP contribution in [-0.2, 0) is 10.0 Å². The SMILES string of the molecule is O=S(=O)(NCCC(F)(F)F)c1cccc2ccccc12. The largest absolute Gasteiger partial charge is 0.390 e. The summed E-state index contributed by atoms with van der Waals surface area (Å²) in [5, 5.41) is 1.20. The fourth-order valence-corrected chi connectivity index (χ4v) is 3.09. The molecule has 0 bridgehead atoms. The van der Waals surface area contributed by atoms with Crippen LogP contribution in [0.2, 0.25) is 0 Å². The van der Waals surface area contributed by atoms with Gasteiger partial charge in [0.05, 0.1) is 11.3 Å². The van der Waals surface area contributed by atoms with Crippen LogP contribution in [0.4, 0.5) is 13.2 Å². The van der Waals surface area contributed by atoms with Crippen molar-refractivity contribution in [2.45, 2.75) is 17.5 Å². The first-order valence-corrected chi connectivity index (χ1v) is 7.32. The van der Waals surface area contributed by atoms with Crippen molar-refractivity contribution in [3.8, 4) is 0 Å². The van der Waals surface area contributed by atoms with Gasteiger partial charge >= 0.3 is 6.18 Å². The smallest absolute Gasteiger partial charge is 0.211 e. The molecule has 2 rings (SSSR count). The highest BCUT2D eigenvalue weighted by molar-refractivity contribution is 7.89. The molecule has 0 amide bonds. The van der Waals surface area contributed by atoms with E-state index < -0.39 is 29.2 Å². The topological polar surface area (TPSA) is 46.2 Å². The Balaban J connectivity index is 2.28. The Labute approximate surface area is 114 Å². The zero-order valence-corrected chi connectivity index (χ0v) is 11.1. The van der Waals surface area contributed by atoms with Crippen molar-refractivity contribution >= 4 is 20.8 Å². The number of benzene rings is 2. The van der Waals surface area contributed by atoms with Gasteiger partial charge in [-0.2, -0.15) is 13.2 Å². The zero-order valence-electron chi connectivity index (χ0n) is 10.3. The van der Waals surface area contributed by atoms with E-state index in [9.17, 15) is 21.6 Å². The number of fused-ring (bicyclic) bond motifs is 1. The van der Waals surface area contributed by atoms with Crippen LogP contribution in [0, 0.1) is 0 Å². The Bertz CT molecular complexity index is 706. The van der Waals surface area contributed by atoms with Crippen molar-refractivity contribution in [1.82, 2.24) is 4.72 Å². The summed E-state index contributed by atoms with van der Waals surface area (Å²) in [6, 6.07) is 11.5. The molecule has 0 aliphatic carbocycles. The Morgan fingerprint density at radius 2 is 1.65 bits per heavy atom. The number of rotatable bonds is 4. The standard InChI is InChI=1S/C13H12F3NO2S/c14-13(15,16)8-9-17-20(18,19)12-7-3-5-10-4-1-2-6-11(10)12/h1-7,17H,8-9H2. The van der Waals surface area contributed by atoms with Gasteiger partial charge in [-0.1, -0.05) is 36.4 Å². The third kappa shape index (κ3) is 3.49. The summed E-state index contributed by atoms with van der Waals surface area (Å²) < 4.78 is 62.2.